The van der Waals surface area contributed by atoms with Crippen molar-refractivity contribution < 1.29 is 8.42 Å². The highest BCUT2D eigenvalue weighted by atomic mass is 32.2. The topological polar surface area (TPSA) is 79.5 Å². The van der Waals surface area contributed by atoms with E-state index in [0.717, 1.165) is 5.69 Å². The van der Waals surface area contributed by atoms with Crippen LogP contribution in [0.25, 0.3) is 0 Å². The molecule has 2 N–H and O–H groups in total. The Labute approximate surface area is 120 Å². The Hall–Kier alpha value is -1.34. The van der Waals surface area contributed by atoms with Gasteiger partial charge in [-0.05, 0) is 32.9 Å². The molecule has 1 aliphatic heterocycles. The SMILES string of the molecule is CC(C)(C)S(=O)(=O)N1CCN(c2ccc(N)nc2)CC1. The molecule has 2 heterocycles. The van der Waals surface area contributed by atoms with Gasteiger partial charge in [-0.3, -0.25) is 0 Å². The maximum absolute atomic E-state index is 12.4. The maximum Gasteiger partial charge on any atom is 0.219 e. The molecule has 1 aliphatic rings. The van der Waals surface area contributed by atoms with Crippen LogP contribution in [0, 0.1) is 0 Å². The standard InChI is InChI=1S/C13H22N4O2S/c1-13(2,3)20(18,19)17-8-6-16(7-9-17)11-4-5-12(14)15-10-11/h4-5,10H,6-9H2,1-3H3,(H2,14,15). The highest BCUT2D eigenvalue weighted by Crippen LogP contribution is 2.23. The number of anilines is 2. The summed E-state index contributed by atoms with van der Waals surface area (Å²) in [7, 11) is -3.24. The average Bonchev–Trinajstić information content (AvgIpc) is 2.38. The molecule has 1 saturated heterocycles. The van der Waals surface area contributed by atoms with Crippen molar-refractivity contribution in [3.8, 4) is 0 Å². The molecule has 0 amide bonds. The van der Waals surface area contributed by atoms with Crippen molar-refractivity contribution >= 4 is 21.5 Å². The van der Waals surface area contributed by atoms with Gasteiger partial charge in [-0.15, -0.1) is 0 Å². The van der Waals surface area contributed by atoms with Crippen molar-refractivity contribution in [1.29, 1.82) is 0 Å². The molecule has 0 aromatic carbocycles. The fourth-order valence-electron chi connectivity index (χ4n) is 2.16. The lowest BCUT2D eigenvalue weighted by atomic mass is 10.3. The van der Waals surface area contributed by atoms with Crippen LogP contribution in [0.5, 0.6) is 0 Å². The first kappa shape index (κ1) is 15.1. The second kappa shape index (κ2) is 5.21. The first-order valence-corrected chi connectivity index (χ1v) is 8.12. The van der Waals surface area contributed by atoms with Crippen LogP contribution in [0.4, 0.5) is 11.5 Å². The third-order valence-corrected chi connectivity index (χ3v) is 6.08. The van der Waals surface area contributed by atoms with E-state index in [-0.39, 0.29) is 0 Å². The second-order valence-corrected chi connectivity index (χ2v) is 8.64. The van der Waals surface area contributed by atoms with Gasteiger partial charge in [0.25, 0.3) is 0 Å². The van der Waals surface area contributed by atoms with Gasteiger partial charge in [0.05, 0.1) is 16.6 Å². The van der Waals surface area contributed by atoms with Crippen LogP contribution in [0.1, 0.15) is 20.8 Å². The van der Waals surface area contributed by atoms with Gasteiger partial charge in [-0.1, -0.05) is 0 Å². The number of nitrogens with two attached hydrogens (primary N) is 1. The molecule has 1 fully saturated rings. The minimum atomic E-state index is -3.24. The molecule has 2 rings (SSSR count). The lowest BCUT2D eigenvalue weighted by molar-refractivity contribution is 0.371. The third-order valence-electron chi connectivity index (χ3n) is 3.49. The fraction of sp³-hybridized carbons (Fsp3) is 0.615. The summed E-state index contributed by atoms with van der Waals surface area (Å²) >= 11 is 0. The van der Waals surface area contributed by atoms with Crippen molar-refractivity contribution in [3.05, 3.63) is 18.3 Å². The molecule has 1 aromatic rings. The van der Waals surface area contributed by atoms with E-state index in [1.54, 1.807) is 37.3 Å². The molecular formula is C13H22N4O2S. The van der Waals surface area contributed by atoms with Gasteiger partial charge >= 0.3 is 0 Å². The van der Waals surface area contributed by atoms with Crippen molar-refractivity contribution in [2.45, 2.75) is 25.5 Å². The zero-order valence-corrected chi connectivity index (χ0v) is 13.0. The van der Waals surface area contributed by atoms with E-state index in [1.807, 2.05) is 6.07 Å². The van der Waals surface area contributed by atoms with E-state index < -0.39 is 14.8 Å². The molecule has 0 unspecified atom stereocenters. The summed E-state index contributed by atoms with van der Waals surface area (Å²) in [4.78, 5) is 6.19. The number of hydrogen-bond acceptors (Lipinski definition) is 5. The smallest absolute Gasteiger partial charge is 0.219 e. The number of aromatic nitrogens is 1. The van der Waals surface area contributed by atoms with Crippen LogP contribution in [-0.2, 0) is 10.0 Å². The van der Waals surface area contributed by atoms with Gasteiger partial charge in [-0.2, -0.15) is 4.31 Å². The second-order valence-electron chi connectivity index (χ2n) is 5.94. The van der Waals surface area contributed by atoms with Crippen molar-refractivity contribution in [1.82, 2.24) is 9.29 Å². The normalized spacial score (nSPS) is 18.2. The Morgan fingerprint density at radius 3 is 2.20 bits per heavy atom. The summed E-state index contributed by atoms with van der Waals surface area (Å²) in [6, 6.07) is 3.67. The monoisotopic (exact) mass is 298 g/mol. The molecule has 0 radical (unpaired) electrons. The maximum atomic E-state index is 12.4. The molecule has 0 aliphatic carbocycles. The zero-order valence-electron chi connectivity index (χ0n) is 12.2. The van der Waals surface area contributed by atoms with E-state index in [0.29, 0.717) is 32.0 Å². The van der Waals surface area contributed by atoms with Crippen LogP contribution >= 0.6 is 0 Å². The molecule has 7 heteroatoms. The fourth-order valence-corrected chi connectivity index (χ4v) is 3.58. The van der Waals surface area contributed by atoms with E-state index >= 15 is 0 Å². The molecule has 0 atom stereocenters. The molecule has 0 bridgehead atoms. The van der Waals surface area contributed by atoms with Gasteiger partial charge in [0, 0.05) is 26.2 Å². The number of rotatable bonds is 2. The van der Waals surface area contributed by atoms with Crippen LogP contribution < -0.4 is 10.6 Å². The van der Waals surface area contributed by atoms with Crippen molar-refractivity contribution in [3.63, 3.8) is 0 Å². The minimum absolute atomic E-state index is 0.489. The quantitative estimate of drug-likeness (QED) is 0.878. The molecule has 20 heavy (non-hydrogen) atoms. The number of nitrogen functional groups attached to an aromatic ring is 1. The first-order valence-electron chi connectivity index (χ1n) is 6.68. The lowest BCUT2D eigenvalue weighted by Crippen LogP contribution is -2.52. The summed E-state index contributed by atoms with van der Waals surface area (Å²) < 4.78 is 25.6. The number of sulfonamides is 1. The number of pyridine rings is 1. The van der Waals surface area contributed by atoms with Gasteiger partial charge < -0.3 is 10.6 Å². The summed E-state index contributed by atoms with van der Waals surface area (Å²) in [6.07, 6.45) is 1.73. The largest absolute Gasteiger partial charge is 0.384 e. The van der Waals surface area contributed by atoms with Crippen molar-refractivity contribution in [2.75, 3.05) is 36.8 Å². The van der Waals surface area contributed by atoms with E-state index in [1.165, 1.54) is 0 Å². The Kier molecular flexibility index (Phi) is 3.93. The summed E-state index contributed by atoms with van der Waals surface area (Å²) in [6.45, 7) is 7.55. The first-order chi connectivity index (χ1) is 9.22. The van der Waals surface area contributed by atoms with Gasteiger partial charge in [0.15, 0.2) is 0 Å². The van der Waals surface area contributed by atoms with E-state index in [4.69, 9.17) is 5.73 Å². The summed E-state index contributed by atoms with van der Waals surface area (Å²) in [5, 5.41) is 0. The molecule has 6 nitrogen and oxygen atoms in total. The molecule has 0 saturated carbocycles. The Balaban J connectivity index is 2.05. The van der Waals surface area contributed by atoms with Gasteiger partial charge in [-0.25, -0.2) is 13.4 Å². The van der Waals surface area contributed by atoms with Gasteiger partial charge in [0.2, 0.25) is 10.0 Å². The number of nitrogens with zero attached hydrogens (tertiary/aromatic N) is 3. The molecule has 0 spiro atoms. The minimum Gasteiger partial charge on any atom is -0.384 e. The zero-order chi connectivity index (χ0) is 15.0. The number of hydrogen-bond donors (Lipinski definition) is 1. The van der Waals surface area contributed by atoms with Crippen LogP contribution in [0.2, 0.25) is 0 Å². The van der Waals surface area contributed by atoms with Crippen LogP contribution in [-0.4, -0.2) is 48.6 Å². The Bertz CT molecular complexity index is 555. The predicted molar refractivity (Wildman–Crippen MR) is 81.1 cm³/mol. The summed E-state index contributed by atoms with van der Waals surface area (Å²) in [5.74, 6) is 0.489. The van der Waals surface area contributed by atoms with Crippen LogP contribution in [0.15, 0.2) is 18.3 Å². The highest BCUT2D eigenvalue weighted by molar-refractivity contribution is 7.90. The van der Waals surface area contributed by atoms with Crippen LogP contribution in [0.3, 0.4) is 0 Å². The Morgan fingerprint density at radius 2 is 1.75 bits per heavy atom. The lowest BCUT2D eigenvalue weighted by Gasteiger charge is -2.38. The van der Waals surface area contributed by atoms with E-state index in [9.17, 15) is 8.42 Å². The molecular weight excluding hydrogens is 276 g/mol. The third kappa shape index (κ3) is 2.88. The summed E-state index contributed by atoms with van der Waals surface area (Å²) in [5.41, 5.74) is 6.54. The number of piperazine rings is 1. The molecule has 112 valence electrons. The van der Waals surface area contributed by atoms with E-state index in [2.05, 4.69) is 9.88 Å². The highest BCUT2D eigenvalue weighted by Gasteiger charge is 2.36. The molecule has 1 aromatic heterocycles. The van der Waals surface area contributed by atoms with Crippen molar-refractivity contribution in [2.24, 2.45) is 0 Å². The predicted octanol–water partition coefficient (Wildman–Crippen LogP) is 0.914. The Morgan fingerprint density at radius 1 is 1.15 bits per heavy atom. The van der Waals surface area contributed by atoms with Gasteiger partial charge in [0.1, 0.15) is 5.82 Å². The average molecular weight is 298 g/mol.